The van der Waals surface area contributed by atoms with Crippen LogP contribution in [0.2, 0.25) is 0 Å². The molecule has 1 aromatic carbocycles. The Kier molecular flexibility index (Phi) is 3.12. The van der Waals surface area contributed by atoms with Gasteiger partial charge in [0.25, 0.3) is 0 Å². The van der Waals surface area contributed by atoms with Crippen molar-refractivity contribution in [3.63, 3.8) is 0 Å². The summed E-state index contributed by atoms with van der Waals surface area (Å²) in [4.78, 5) is 7.07. The number of benzene rings is 1. The fraction of sp³-hybridized carbons (Fsp3) is 0.278. The van der Waals surface area contributed by atoms with Gasteiger partial charge in [0.05, 0.1) is 12.2 Å². The number of nitrogens with zero attached hydrogens (tertiary/aromatic N) is 3. The summed E-state index contributed by atoms with van der Waals surface area (Å²) >= 11 is 0. The van der Waals surface area contributed by atoms with E-state index in [1.807, 2.05) is 0 Å². The minimum absolute atomic E-state index is 0.189. The third kappa shape index (κ3) is 2.35. The molecule has 0 saturated heterocycles. The molecule has 1 aliphatic rings. The first-order chi connectivity index (χ1) is 10.7. The van der Waals surface area contributed by atoms with E-state index < -0.39 is 0 Å². The number of rotatable bonds is 2. The van der Waals surface area contributed by atoms with Crippen molar-refractivity contribution in [2.75, 3.05) is 11.4 Å². The van der Waals surface area contributed by atoms with Crippen molar-refractivity contribution in [2.45, 2.75) is 25.9 Å². The average Bonchev–Trinajstić information content (AvgIpc) is 2.88. The summed E-state index contributed by atoms with van der Waals surface area (Å²) in [6.45, 7) is 3.77. The predicted molar refractivity (Wildman–Crippen MR) is 89.1 cm³/mol. The molecule has 4 rings (SSSR count). The number of para-hydroxylation sites is 1. The molecule has 4 nitrogen and oxygen atoms in total. The van der Waals surface area contributed by atoms with E-state index in [4.69, 9.17) is 10.7 Å². The number of aryl methyl sites for hydroxylation is 1. The fourth-order valence-corrected chi connectivity index (χ4v) is 3.30. The van der Waals surface area contributed by atoms with Crippen molar-refractivity contribution < 1.29 is 0 Å². The number of nitrogens with two attached hydrogens (primary N) is 1. The number of pyridine rings is 1. The maximum Gasteiger partial charge on any atom is 0.137 e. The highest BCUT2D eigenvalue weighted by atomic mass is 15.2. The molecule has 0 spiro atoms. The summed E-state index contributed by atoms with van der Waals surface area (Å²) in [5.41, 5.74) is 12.2. The number of imidazole rings is 1. The van der Waals surface area contributed by atoms with Crippen LogP contribution >= 0.6 is 0 Å². The third-order valence-corrected chi connectivity index (χ3v) is 4.27. The number of fused-ring (bicyclic) bond motifs is 2. The summed E-state index contributed by atoms with van der Waals surface area (Å²) in [6.07, 6.45) is 5.18. The van der Waals surface area contributed by atoms with Gasteiger partial charge in [0.15, 0.2) is 0 Å². The molecule has 0 bridgehead atoms. The fourth-order valence-electron chi connectivity index (χ4n) is 3.30. The molecule has 4 heteroatoms. The second-order valence-electron chi connectivity index (χ2n) is 6.18. The topological polar surface area (TPSA) is 46.6 Å². The Balaban J connectivity index is 1.67. The Morgan fingerprint density at radius 1 is 1.18 bits per heavy atom. The monoisotopic (exact) mass is 292 g/mol. The smallest absolute Gasteiger partial charge is 0.137 e. The third-order valence-electron chi connectivity index (χ3n) is 4.27. The summed E-state index contributed by atoms with van der Waals surface area (Å²) < 4.78 is 2.10. The zero-order valence-electron chi connectivity index (χ0n) is 12.7. The van der Waals surface area contributed by atoms with Gasteiger partial charge in [0.2, 0.25) is 0 Å². The van der Waals surface area contributed by atoms with Crippen molar-refractivity contribution in [3.8, 4) is 0 Å². The van der Waals surface area contributed by atoms with Gasteiger partial charge in [-0.05, 0) is 36.6 Å². The van der Waals surface area contributed by atoms with Crippen LogP contribution in [0.3, 0.4) is 0 Å². The lowest BCUT2D eigenvalue weighted by molar-refractivity contribution is 0.596. The number of anilines is 1. The Labute approximate surface area is 130 Å². The highest BCUT2D eigenvalue weighted by Gasteiger charge is 2.22. The number of aromatic nitrogens is 2. The highest BCUT2D eigenvalue weighted by molar-refractivity contribution is 5.56. The van der Waals surface area contributed by atoms with Gasteiger partial charge in [-0.1, -0.05) is 24.3 Å². The molecular formula is C18H20N4. The zero-order valence-corrected chi connectivity index (χ0v) is 12.7. The molecule has 112 valence electrons. The first-order valence-electron chi connectivity index (χ1n) is 7.72. The first kappa shape index (κ1) is 13.3. The van der Waals surface area contributed by atoms with Crippen LogP contribution < -0.4 is 10.6 Å². The first-order valence-corrected chi connectivity index (χ1v) is 7.72. The average molecular weight is 292 g/mol. The molecule has 2 aromatic heterocycles. The van der Waals surface area contributed by atoms with Crippen molar-refractivity contribution in [3.05, 3.63) is 65.6 Å². The Bertz CT molecular complexity index is 821. The lowest BCUT2D eigenvalue weighted by Gasteiger charge is -2.34. The molecule has 1 unspecified atom stereocenters. The SMILES string of the molecule is Cc1ccc2nc(CN3CC(N)Cc4ccccc43)cn2c1. The lowest BCUT2D eigenvalue weighted by Crippen LogP contribution is -2.42. The second kappa shape index (κ2) is 5.14. The molecule has 0 saturated carbocycles. The molecule has 3 heterocycles. The van der Waals surface area contributed by atoms with Crippen LogP contribution in [-0.4, -0.2) is 22.0 Å². The van der Waals surface area contributed by atoms with Crippen LogP contribution in [0.25, 0.3) is 5.65 Å². The van der Waals surface area contributed by atoms with Crippen LogP contribution in [0, 0.1) is 6.92 Å². The van der Waals surface area contributed by atoms with Gasteiger partial charge < -0.3 is 15.0 Å². The lowest BCUT2D eigenvalue weighted by atomic mass is 9.98. The largest absolute Gasteiger partial charge is 0.364 e. The van der Waals surface area contributed by atoms with Crippen LogP contribution in [-0.2, 0) is 13.0 Å². The summed E-state index contributed by atoms with van der Waals surface area (Å²) in [5, 5.41) is 0. The van der Waals surface area contributed by atoms with Crippen molar-refractivity contribution in [1.82, 2.24) is 9.38 Å². The van der Waals surface area contributed by atoms with Gasteiger partial charge in [-0.2, -0.15) is 0 Å². The van der Waals surface area contributed by atoms with Crippen molar-refractivity contribution in [2.24, 2.45) is 5.73 Å². The van der Waals surface area contributed by atoms with Crippen molar-refractivity contribution in [1.29, 1.82) is 0 Å². The van der Waals surface area contributed by atoms with Gasteiger partial charge in [-0.3, -0.25) is 0 Å². The molecule has 1 atom stereocenters. The molecule has 22 heavy (non-hydrogen) atoms. The summed E-state index contributed by atoms with van der Waals surface area (Å²) in [7, 11) is 0. The van der Waals surface area contributed by atoms with Crippen LogP contribution in [0.15, 0.2) is 48.8 Å². The molecule has 0 aliphatic carbocycles. The van der Waals surface area contributed by atoms with Crippen LogP contribution in [0.1, 0.15) is 16.8 Å². The predicted octanol–water partition coefficient (Wildman–Crippen LogP) is 2.53. The van der Waals surface area contributed by atoms with Gasteiger partial charge in [-0.15, -0.1) is 0 Å². The van der Waals surface area contributed by atoms with E-state index in [-0.39, 0.29) is 6.04 Å². The molecule has 0 amide bonds. The summed E-state index contributed by atoms with van der Waals surface area (Å²) in [5.74, 6) is 0. The van der Waals surface area contributed by atoms with Crippen molar-refractivity contribution >= 4 is 11.3 Å². The summed E-state index contributed by atoms with van der Waals surface area (Å²) in [6, 6.07) is 12.9. The molecule has 2 N–H and O–H groups in total. The van der Waals surface area contributed by atoms with Crippen LogP contribution in [0.4, 0.5) is 5.69 Å². The van der Waals surface area contributed by atoms with Gasteiger partial charge in [0, 0.05) is 30.7 Å². The Morgan fingerprint density at radius 2 is 2.05 bits per heavy atom. The second-order valence-corrected chi connectivity index (χ2v) is 6.18. The van der Waals surface area contributed by atoms with E-state index in [9.17, 15) is 0 Å². The van der Waals surface area contributed by atoms with E-state index in [1.54, 1.807) is 0 Å². The number of hydrogen-bond donors (Lipinski definition) is 1. The molecule has 3 aromatic rings. The maximum absolute atomic E-state index is 6.22. The maximum atomic E-state index is 6.22. The molecule has 1 aliphatic heterocycles. The molecule has 0 fully saturated rings. The van der Waals surface area contributed by atoms with E-state index in [1.165, 1.54) is 16.8 Å². The minimum atomic E-state index is 0.189. The van der Waals surface area contributed by atoms with Crippen LogP contribution in [0.5, 0.6) is 0 Å². The van der Waals surface area contributed by atoms with E-state index in [0.29, 0.717) is 0 Å². The van der Waals surface area contributed by atoms with Gasteiger partial charge in [0.1, 0.15) is 5.65 Å². The highest BCUT2D eigenvalue weighted by Crippen LogP contribution is 2.27. The Morgan fingerprint density at radius 3 is 2.95 bits per heavy atom. The van der Waals surface area contributed by atoms with Gasteiger partial charge >= 0.3 is 0 Å². The Hall–Kier alpha value is -2.33. The normalized spacial score (nSPS) is 17.7. The van der Waals surface area contributed by atoms with E-state index >= 15 is 0 Å². The van der Waals surface area contributed by atoms with E-state index in [0.717, 1.165) is 30.9 Å². The number of hydrogen-bond acceptors (Lipinski definition) is 3. The van der Waals surface area contributed by atoms with E-state index in [2.05, 4.69) is 65.0 Å². The molecular weight excluding hydrogens is 272 g/mol. The minimum Gasteiger partial charge on any atom is -0.364 e. The quantitative estimate of drug-likeness (QED) is 0.789. The standard InChI is InChI=1S/C18H20N4/c1-13-6-7-18-20-16(12-22(18)9-13)11-21-10-15(19)8-14-4-2-3-5-17(14)21/h2-7,9,12,15H,8,10-11,19H2,1H3. The zero-order chi connectivity index (χ0) is 15.1. The molecule has 0 radical (unpaired) electrons. The van der Waals surface area contributed by atoms with Gasteiger partial charge in [-0.25, -0.2) is 4.98 Å².